The number of hydrogen-bond donors (Lipinski definition) is 1. The minimum absolute atomic E-state index is 0.0143. The lowest BCUT2D eigenvalue weighted by atomic mass is 9.73. The third-order valence-corrected chi connectivity index (χ3v) is 9.11. The molecule has 238 valence electrons. The summed E-state index contributed by atoms with van der Waals surface area (Å²) < 4.78 is 29.2. The summed E-state index contributed by atoms with van der Waals surface area (Å²) in [6, 6.07) is 8.70. The Labute approximate surface area is 262 Å². The van der Waals surface area contributed by atoms with Crippen molar-refractivity contribution in [1.29, 1.82) is 0 Å². The van der Waals surface area contributed by atoms with Gasteiger partial charge in [-0.2, -0.15) is 5.10 Å². The molecule has 1 atom stereocenters. The molecule has 1 spiro atoms. The topological polar surface area (TPSA) is 120 Å². The molecule has 45 heavy (non-hydrogen) atoms. The van der Waals surface area contributed by atoms with E-state index in [1.165, 1.54) is 16.5 Å². The van der Waals surface area contributed by atoms with Gasteiger partial charge in [0.2, 0.25) is 5.91 Å². The van der Waals surface area contributed by atoms with Crippen LogP contribution in [0.25, 0.3) is 11.1 Å². The van der Waals surface area contributed by atoms with Crippen LogP contribution in [0, 0.1) is 5.82 Å². The lowest BCUT2D eigenvalue weighted by molar-refractivity contribution is -0.155. The molecule has 3 aliphatic heterocycles. The number of likely N-dealkylation sites (tertiary alicyclic amines) is 1. The Hall–Kier alpha value is -4.25. The molecule has 2 amide bonds. The molecular formula is C34H40FN5O5. The summed E-state index contributed by atoms with van der Waals surface area (Å²) in [5.41, 5.74) is 9.20. The van der Waals surface area contributed by atoms with Crippen molar-refractivity contribution in [3.05, 3.63) is 70.8 Å². The smallest absolute Gasteiger partial charge is 0.306 e. The summed E-state index contributed by atoms with van der Waals surface area (Å²) in [5.74, 6) is -1.75. The Kier molecular flexibility index (Phi) is 7.93. The number of piperidine rings is 1. The Bertz CT molecular complexity index is 1650. The van der Waals surface area contributed by atoms with Crippen molar-refractivity contribution in [3.8, 4) is 16.9 Å². The number of ether oxygens (including phenoxy) is 2. The van der Waals surface area contributed by atoms with Gasteiger partial charge in [-0.25, -0.2) is 4.39 Å². The SMILES string of the molecule is Cn1cc(-c2cccc(CN3CCC4(CC3)COc3c5c(cc(F)c34)C(=O)N([C@@H](CCC(=O)OC(C)(C)C)C(N)=O)C5)c2)cn1. The van der Waals surface area contributed by atoms with E-state index in [0.29, 0.717) is 23.5 Å². The minimum Gasteiger partial charge on any atom is -0.492 e. The Morgan fingerprint density at radius 3 is 2.60 bits per heavy atom. The van der Waals surface area contributed by atoms with E-state index in [0.717, 1.165) is 43.6 Å². The average molecular weight is 618 g/mol. The molecule has 1 aromatic heterocycles. The van der Waals surface area contributed by atoms with Crippen LogP contribution in [0.1, 0.15) is 73.5 Å². The first-order chi connectivity index (χ1) is 21.3. The van der Waals surface area contributed by atoms with Crippen molar-refractivity contribution in [2.75, 3.05) is 19.7 Å². The van der Waals surface area contributed by atoms with Crippen LogP contribution < -0.4 is 10.5 Å². The fourth-order valence-electron chi connectivity index (χ4n) is 6.91. The highest BCUT2D eigenvalue weighted by Gasteiger charge is 2.49. The molecule has 0 radical (unpaired) electrons. The van der Waals surface area contributed by atoms with E-state index in [2.05, 4.69) is 34.3 Å². The van der Waals surface area contributed by atoms with E-state index in [4.69, 9.17) is 15.2 Å². The fourth-order valence-corrected chi connectivity index (χ4v) is 6.91. The molecular weight excluding hydrogens is 577 g/mol. The first kappa shape index (κ1) is 30.8. The van der Waals surface area contributed by atoms with Gasteiger partial charge in [0.25, 0.3) is 5.91 Å². The molecule has 11 heteroatoms. The molecule has 3 aliphatic rings. The maximum atomic E-state index is 15.9. The monoisotopic (exact) mass is 617 g/mol. The second kappa shape index (κ2) is 11.6. The number of aromatic nitrogens is 2. The highest BCUT2D eigenvalue weighted by Crippen LogP contribution is 2.51. The second-order valence-electron chi connectivity index (χ2n) is 13.5. The van der Waals surface area contributed by atoms with Gasteiger partial charge in [-0.3, -0.25) is 24.0 Å². The Balaban J connectivity index is 1.15. The minimum atomic E-state index is -1.04. The molecule has 2 aromatic carbocycles. The van der Waals surface area contributed by atoms with Crippen LogP contribution in [0.15, 0.2) is 42.7 Å². The van der Waals surface area contributed by atoms with Crippen LogP contribution in [-0.2, 0) is 39.9 Å². The van der Waals surface area contributed by atoms with Crippen LogP contribution >= 0.6 is 0 Å². The quantitative estimate of drug-likeness (QED) is 0.378. The summed E-state index contributed by atoms with van der Waals surface area (Å²) in [7, 11) is 1.90. The van der Waals surface area contributed by atoms with E-state index in [1.54, 1.807) is 25.5 Å². The molecule has 6 rings (SSSR count). The molecule has 0 saturated carbocycles. The van der Waals surface area contributed by atoms with Crippen LogP contribution in [0.3, 0.4) is 0 Å². The lowest BCUT2D eigenvalue weighted by Crippen LogP contribution is -2.45. The van der Waals surface area contributed by atoms with E-state index in [-0.39, 0.29) is 24.9 Å². The van der Waals surface area contributed by atoms with Crippen LogP contribution in [0.2, 0.25) is 0 Å². The molecule has 10 nitrogen and oxygen atoms in total. The van der Waals surface area contributed by atoms with Gasteiger partial charge in [-0.15, -0.1) is 0 Å². The van der Waals surface area contributed by atoms with Crippen LogP contribution in [-0.4, -0.2) is 68.7 Å². The van der Waals surface area contributed by atoms with Gasteiger partial charge in [0.15, 0.2) is 0 Å². The second-order valence-corrected chi connectivity index (χ2v) is 13.5. The summed E-state index contributed by atoms with van der Waals surface area (Å²) in [4.78, 5) is 41.9. The molecule has 0 aliphatic carbocycles. The molecule has 0 unspecified atom stereocenters. The van der Waals surface area contributed by atoms with Gasteiger partial charge in [-0.1, -0.05) is 18.2 Å². The maximum absolute atomic E-state index is 15.9. The zero-order chi connectivity index (χ0) is 32.1. The van der Waals surface area contributed by atoms with Crippen molar-refractivity contribution >= 4 is 17.8 Å². The number of benzene rings is 2. The number of primary amides is 1. The highest BCUT2D eigenvalue weighted by molar-refractivity contribution is 6.02. The molecule has 4 heterocycles. The number of nitrogens with zero attached hydrogens (tertiary/aromatic N) is 4. The largest absolute Gasteiger partial charge is 0.492 e. The number of rotatable bonds is 8. The van der Waals surface area contributed by atoms with Crippen molar-refractivity contribution < 1.29 is 28.2 Å². The van der Waals surface area contributed by atoms with Crippen LogP contribution in [0.5, 0.6) is 5.75 Å². The van der Waals surface area contributed by atoms with Gasteiger partial charge in [0.1, 0.15) is 23.2 Å². The molecule has 0 bridgehead atoms. The number of halogens is 1. The van der Waals surface area contributed by atoms with Gasteiger partial charge in [0.05, 0.1) is 24.9 Å². The number of carbonyl (C=O) groups excluding carboxylic acids is 3. The standard InChI is InChI=1S/C34H40FN5O5/c1-33(2,3)45-28(41)9-8-27(31(36)42)40-19-25-24(32(40)43)15-26(35)29-30(25)44-20-34(29)10-12-39(13-11-34)17-21-6-5-7-22(14-21)23-16-37-38(4)18-23/h5-7,14-16,18,27H,8-13,17,19-20H2,1-4H3,(H2,36,42)/t27-/m0/s1. The van der Waals surface area contributed by atoms with Crippen molar-refractivity contribution in [3.63, 3.8) is 0 Å². The zero-order valence-corrected chi connectivity index (χ0v) is 26.3. The Morgan fingerprint density at radius 1 is 1.18 bits per heavy atom. The van der Waals surface area contributed by atoms with Gasteiger partial charge in [0, 0.05) is 48.3 Å². The predicted octanol–water partition coefficient (Wildman–Crippen LogP) is 4.08. The zero-order valence-electron chi connectivity index (χ0n) is 26.3. The summed E-state index contributed by atoms with van der Waals surface area (Å²) >= 11 is 0. The first-order valence-electron chi connectivity index (χ1n) is 15.4. The Morgan fingerprint density at radius 2 is 1.93 bits per heavy atom. The number of fused-ring (bicyclic) bond motifs is 4. The van der Waals surface area contributed by atoms with E-state index < -0.39 is 40.7 Å². The molecule has 3 aromatic rings. The number of hydrogen-bond acceptors (Lipinski definition) is 7. The molecule has 2 N–H and O–H groups in total. The van der Waals surface area contributed by atoms with Gasteiger partial charge < -0.3 is 20.1 Å². The number of nitrogens with two attached hydrogens (primary N) is 1. The van der Waals surface area contributed by atoms with E-state index in [1.807, 2.05) is 19.4 Å². The van der Waals surface area contributed by atoms with Gasteiger partial charge in [-0.05, 0) is 76.4 Å². The number of esters is 1. The third kappa shape index (κ3) is 6.05. The normalized spacial score (nSPS) is 18.1. The molecule has 1 fully saturated rings. The van der Waals surface area contributed by atoms with Crippen molar-refractivity contribution in [1.82, 2.24) is 19.6 Å². The number of aryl methyl sites for hydroxylation is 1. The maximum Gasteiger partial charge on any atom is 0.306 e. The van der Waals surface area contributed by atoms with E-state index in [9.17, 15) is 14.4 Å². The summed E-state index contributed by atoms with van der Waals surface area (Å²) in [6.07, 6.45) is 5.22. The van der Waals surface area contributed by atoms with Crippen LogP contribution in [0.4, 0.5) is 4.39 Å². The van der Waals surface area contributed by atoms with Crippen molar-refractivity contribution in [2.45, 2.75) is 76.6 Å². The summed E-state index contributed by atoms with van der Waals surface area (Å²) in [6.45, 7) is 8.00. The lowest BCUT2D eigenvalue weighted by Gasteiger charge is -2.38. The average Bonchev–Trinajstić information content (AvgIpc) is 3.66. The fraction of sp³-hybridized carbons (Fsp3) is 0.471. The van der Waals surface area contributed by atoms with Crippen molar-refractivity contribution in [2.24, 2.45) is 12.8 Å². The van der Waals surface area contributed by atoms with Gasteiger partial charge >= 0.3 is 5.97 Å². The predicted molar refractivity (Wildman–Crippen MR) is 165 cm³/mol. The van der Waals surface area contributed by atoms with E-state index >= 15 is 4.39 Å². The highest BCUT2D eigenvalue weighted by atomic mass is 19.1. The number of carbonyl (C=O) groups is 3. The third-order valence-electron chi connectivity index (χ3n) is 9.11. The summed E-state index contributed by atoms with van der Waals surface area (Å²) in [5, 5.41) is 4.28. The molecule has 1 saturated heterocycles. The first-order valence-corrected chi connectivity index (χ1v) is 15.4. The number of amides is 2.